The number of carbonyl (C=O) groups excluding carboxylic acids is 2. The number of carbonyl (C=O) groups is 2. The van der Waals surface area contributed by atoms with Crippen molar-refractivity contribution in [2.45, 2.75) is 25.4 Å². The molecule has 2 rings (SSSR count). The summed E-state index contributed by atoms with van der Waals surface area (Å²) in [7, 11) is 3.17. The van der Waals surface area contributed by atoms with Gasteiger partial charge in [0.05, 0.1) is 18.6 Å². The monoisotopic (exact) mass is 284 g/mol. The number of hydrogen-bond acceptors (Lipinski definition) is 4. The van der Waals surface area contributed by atoms with E-state index in [0.29, 0.717) is 18.9 Å². The third-order valence-electron chi connectivity index (χ3n) is 3.96. The Kier molecular flexibility index (Phi) is 4.99. The number of ether oxygens (including phenoxy) is 1. The zero-order chi connectivity index (χ0) is 14.7. The maximum atomic E-state index is 12.3. The van der Waals surface area contributed by atoms with Gasteiger partial charge in [-0.2, -0.15) is 0 Å². The van der Waals surface area contributed by atoms with Crippen LogP contribution in [0.4, 0.5) is 0 Å². The molecule has 2 unspecified atom stereocenters. The van der Waals surface area contributed by atoms with Crippen LogP contribution in [0.15, 0.2) is 0 Å². The van der Waals surface area contributed by atoms with Gasteiger partial charge < -0.3 is 19.6 Å². The lowest BCUT2D eigenvalue weighted by Gasteiger charge is -2.23. The maximum absolute atomic E-state index is 12.3. The van der Waals surface area contributed by atoms with Gasteiger partial charge in [-0.1, -0.05) is 0 Å². The van der Waals surface area contributed by atoms with Gasteiger partial charge in [0.2, 0.25) is 11.8 Å². The summed E-state index contributed by atoms with van der Waals surface area (Å²) in [6, 6.07) is 0. The van der Waals surface area contributed by atoms with Gasteiger partial charge in [-0.15, -0.1) is 0 Å². The Balaban J connectivity index is 1.81. The second kappa shape index (κ2) is 6.54. The van der Waals surface area contributed by atoms with Crippen molar-refractivity contribution in [2.24, 2.45) is 11.8 Å². The number of rotatable bonds is 7. The summed E-state index contributed by atoms with van der Waals surface area (Å²) in [5.41, 5.74) is 0. The lowest BCUT2D eigenvalue weighted by Crippen LogP contribution is -2.40. The number of likely N-dealkylation sites (tertiary alicyclic amines) is 1. The average Bonchev–Trinajstić information content (AvgIpc) is 3.12. The van der Waals surface area contributed by atoms with Crippen molar-refractivity contribution < 1.29 is 19.4 Å². The van der Waals surface area contributed by atoms with Gasteiger partial charge in [0.15, 0.2) is 0 Å². The Bertz CT molecular complexity index is 370. The summed E-state index contributed by atoms with van der Waals surface area (Å²) >= 11 is 0. The zero-order valence-electron chi connectivity index (χ0n) is 12.2. The Morgan fingerprint density at radius 3 is 2.85 bits per heavy atom. The Hall–Kier alpha value is -1.14. The molecule has 2 fully saturated rings. The molecule has 114 valence electrons. The molecule has 2 amide bonds. The molecule has 1 aliphatic carbocycles. The fraction of sp³-hybridized carbons (Fsp3) is 0.857. The van der Waals surface area contributed by atoms with Crippen LogP contribution in [0.3, 0.4) is 0 Å². The summed E-state index contributed by atoms with van der Waals surface area (Å²) in [5, 5.41) is 9.65. The lowest BCUT2D eigenvalue weighted by molar-refractivity contribution is -0.136. The van der Waals surface area contributed by atoms with E-state index in [4.69, 9.17) is 4.74 Å². The van der Waals surface area contributed by atoms with Crippen molar-refractivity contribution in [1.29, 1.82) is 0 Å². The Morgan fingerprint density at radius 1 is 1.55 bits per heavy atom. The van der Waals surface area contributed by atoms with E-state index in [1.54, 1.807) is 7.05 Å². The second-order valence-corrected chi connectivity index (χ2v) is 5.97. The predicted molar refractivity (Wildman–Crippen MR) is 72.9 cm³/mol. The molecule has 0 aromatic heterocycles. The summed E-state index contributed by atoms with van der Waals surface area (Å²) in [6.45, 7) is 1.77. The number of aliphatic hydroxyl groups excluding tert-OH is 1. The second-order valence-electron chi connectivity index (χ2n) is 5.97. The van der Waals surface area contributed by atoms with E-state index in [-0.39, 0.29) is 30.9 Å². The Labute approximate surface area is 119 Å². The number of methoxy groups -OCH3 is 1. The minimum absolute atomic E-state index is 0.0631. The highest BCUT2D eigenvalue weighted by atomic mass is 16.5. The van der Waals surface area contributed by atoms with Crippen molar-refractivity contribution in [1.82, 2.24) is 9.80 Å². The first-order chi connectivity index (χ1) is 9.51. The zero-order valence-corrected chi connectivity index (χ0v) is 12.2. The molecule has 2 aliphatic rings. The number of nitrogens with zero attached hydrogens (tertiary/aromatic N) is 2. The number of hydrogen-bond donors (Lipinski definition) is 1. The quantitative estimate of drug-likeness (QED) is 0.697. The van der Waals surface area contributed by atoms with Gasteiger partial charge in [0.25, 0.3) is 0 Å². The standard InChI is InChI=1S/C14H24N2O4/c1-15(8-12(17)9-20-2)14(19)11-5-13(18)16(7-11)6-10-3-4-10/h10-12,17H,3-9H2,1-2H3. The maximum Gasteiger partial charge on any atom is 0.227 e. The van der Waals surface area contributed by atoms with Gasteiger partial charge in [-0.25, -0.2) is 0 Å². The molecule has 6 heteroatoms. The molecule has 20 heavy (non-hydrogen) atoms. The van der Waals surface area contributed by atoms with Crippen LogP contribution in [0.1, 0.15) is 19.3 Å². The molecule has 0 spiro atoms. The number of amides is 2. The van der Waals surface area contributed by atoms with Crippen molar-refractivity contribution in [2.75, 3.05) is 40.4 Å². The van der Waals surface area contributed by atoms with Gasteiger partial charge in [0, 0.05) is 40.2 Å². The van der Waals surface area contributed by atoms with E-state index in [0.717, 1.165) is 6.54 Å². The normalized spacial score (nSPS) is 24.1. The first-order valence-electron chi connectivity index (χ1n) is 7.21. The molecule has 0 aromatic rings. The highest BCUT2D eigenvalue weighted by molar-refractivity contribution is 5.89. The van der Waals surface area contributed by atoms with E-state index in [9.17, 15) is 14.7 Å². The predicted octanol–water partition coefficient (Wildman–Crippen LogP) is -0.289. The molecular weight excluding hydrogens is 260 g/mol. The lowest BCUT2D eigenvalue weighted by atomic mass is 10.1. The van der Waals surface area contributed by atoms with E-state index in [2.05, 4.69) is 0 Å². The third-order valence-corrected chi connectivity index (χ3v) is 3.96. The highest BCUT2D eigenvalue weighted by Gasteiger charge is 2.38. The fourth-order valence-electron chi connectivity index (χ4n) is 2.69. The van der Waals surface area contributed by atoms with Crippen LogP contribution in [-0.2, 0) is 14.3 Å². The van der Waals surface area contributed by atoms with Crippen LogP contribution >= 0.6 is 0 Å². The summed E-state index contributed by atoms with van der Waals surface area (Å²) in [4.78, 5) is 27.5. The highest BCUT2D eigenvalue weighted by Crippen LogP contribution is 2.32. The van der Waals surface area contributed by atoms with Gasteiger partial charge >= 0.3 is 0 Å². The summed E-state index contributed by atoms with van der Waals surface area (Å²) in [6.07, 6.45) is 2.02. The van der Waals surface area contributed by atoms with Crippen LogP contribution in [-0.4, -0.2) is 73.2 Å². The Morgan fingerprint density at radius 2 is 2.25 bits per heavy atom. The SMILES string of the molecule is COCC(O)CN(C)C(=O)C1CC(=O)N(CC2CC2)C1. The van der Waals surface area contributed by atoms with Crippen LogP contribution in [0.5, 0.6) is 0 Å². The molecular formula is C14H24N2O4. The van der Waals surface area contributed by atoms with Crippen LogP contribution in [0, 0.1) is 11.8 Å². The van der Waals surface area contributed by atoms with Crippen LogP contribution in [0.2, 0.25) is 0 Å². The molecule has 1 saturated carbocycles. The van der Waals surface area contributed by atoms with Gasteiger partial charge in [0.1, 0.15) is 0 Å². The molecule has 0 aromatic carbocycles. The number of aliphatic hydroxyl groups is 1. The van der Waals surface area contributed by atoms with Crippen LogP contribution in [0.25, 0.3) is 0 Å². The van der Waals surface area contributed by atoms with E-state index < -0.39 is 6.10 Å². The largest absolute Gasteiger partial charge is 0.389 e. The average molecular weight is 284 g/mol. The topological polar surface area (TPSA) is 70.1 Å². The molecule has 1 aliphatic heterocycles. The van der Waals surface area contributed by atoms with E-state index in [1.165, 1.54) is 24.9 Å². The fourth-order valence-corrected chi connectivity index (χ4v) is 2.69. The van der Waals surface area contributed by atoms with Crippen molar-refractivity contribution in [3.05, 3.63) is 0 Å². The first-order valence-corrected chi connectivity index (χ1v) is 7.21. The molecule has 0 bridgehead atoms. The van der Waals surface area contributed by atoms with Gasteiger partial charge in [-0.05, 0) is 18.8 Å². The minimum Gasteiger partial charge on any atom is -0.389 e. The van der Waals surface area contributed by atoms with E-state index in [1.807, 2.05) is 4.90 Å². The molecule has 1 saturated heterocycles. The smallest absolute Gasteiger partial charge is 0.227 e. The molecule has 0 radical (unpaired) electrons. The minimum atomic E-state index is -0.686. The van der Waals surface area contributed by atoms with E-state index >= 15 is 0 Å². The third kappa shape index (κ3) is 3.93. The first kappa shape index (κ1) is 15.3. The summed E-state index contributed by atoms with van der Waals surface area (Å²) in [5.74, 6) is 0.406. The molecule has 6 nitrogen and oxygen atoms in total. The molecule has 1 heterocycles. The number of likely N-dealkylation sites (N-methyl/N-ethyl adjacent to an activating group) is 1. The van der Waals surface area contributed by atoms with Crippen molar-refractivity contribution in [3.8, 4) is 0 Å². The van der Waals surface area contributed by atoms with Gasteiger partial charge in [-0.3, -0.25) is 9.59 Å². The van der Waals surface area contributed by atoms with Crippen LogP contribution < -0.4 is 0 Å². The molecule has 1 N–H and O–H groups in total. The molecule has 2 atom stereocenters. The van der Waals surface area contributed by atoms with Crippen molar-refractivity contribution in [3.63, 3.8) is 0 Å². The van der Waals surface area contributed by atoms with Crippen molar-refractivity contribution >= 4 is 11.8 Å². The summed E-state index contributed by atoms with van der Waals surface area (Å²) < 4.78 is 4.84.